The zero-order valence-electron chi connectivity index (χ0n) is 13.0. The molecule has 3 N–H and O–H groups in total. The Morgan fingerprint density at radius 1 is 1.12 bits per heavy atom. The molecule has 134 valence electrons. The van der Waals surface area contributed by atoms with E-state index in [2.05, 4.69) is 15.3 Å². The lowest BCUT2D eigenvalue weighted by Crippen LogP contribution is -2.06. The second-order valence-corrected chi connectivity index (χ2v) is 5.23. The first-order valence-corrected chi connectivity index (χ1v) is 7.32. The van der Waals surface area contributed by atoms with Crippen molar-refractivity contribution in [2.75, 3.05) is 5.32 Å². The summed E-state index contributed by atoms with van der Waals surface area (Å²) < 4.78 is 43.6. The number of carbonyl (C=O) groups is 1. The zero-order chi connectivity index (χ0) is 18.7. The monoisotopic (exact) mass is 363 g/mol. The summed E-state index contributed by atoms with van der Waals surface area (Å²) in [6, 6.07) is 12.6. The predicted octanol–water partition coefficient (Wildman–Crippen LogP) is 4.98. The number of nitrogens with zero attached hydrogens (tertiary/aromatic N) is 1. The van der Waals surface area contributed by atoms with Gasteiger partial charge in [0.25, 0.3) is 0 Å². The molecule has 0 fully saturated rings. The molecule has 0 unspecified atom stereocenters. The fourth-order valence-corrected chi connectivity index (χ4v) is 2.18. The number of rotatable bonds is 4. The Labute approximate surface area is 145 Å². The van der Waals surface area contributed by atoms with Gasteiger partial charge in [0.15, 0.2) is 0 Å². The number of hydrogen-bond acceptors (Lipinski definition) is 3. The van der Waals surface area contributed by atoms with Gasteiger partial charge in [-0.25, -0.2) is 9.78 Å². The topological polar surface area (TPSA) is 87.2 Å². The van der Waals surface area contributed by atoms with E-state index in [0.29, 0.717) is 22.7 Å². The third-order valence-electron chi connectivity index (χ3n) is 3.33. The van der Waals surface area contributed by atoms with Gasteiger partial charge in [-0.05, 0) is 36.4 Å². The summed E-state index contributed by atoms with van der Waals surface area (Å²) in [5, 5.41) is 10.8. The second kappa shape index (κ2) is 6.79. The van der Waals surface area contributed by atoms with Crippen LogP contribution in [0.1, 0.15) is 5.69 Å². The lowest BCUT2D eigenvalue weighted by atomic mass is 10.2. The number of carboxylic acid groups (broad SMARTS) is 1. The van der Waals surface area contributed by atoms with Gasteiger partial charge in [0.1, 0.15) is 23.0 Å². The molecule has 2 aromatic carbocycles. The maximum absolute atomic E-state index is 12.7. The molecule has 1 amide bonds. The lowest BCUT2D eigenvalue weighted by Gasteiger charge is -2.08. The third-order valence-corrected chi connectivity index (χ3v) is 3.33. The van der Waals surface area contributed by atoms with Crippen molar-refractivity contribution in [2.24, 2.45) is 0 Å². The highest BCUT2D eigenvalue weighted by Crippen LogP contribution is 2.31. The summed E-state index contributed by atoms with van der Waals surface area (Å²) in [5.41, 5.74) is -0.114. The number of aromatic nitrogens is 2. The van der Waals surface area contributed by atoms with E-state index in [1.54, 1.807) is 36.4 Å². The summed E-state index contributed by atoms with van der Waals surface area (Å²) in [7, 11) is 0. The molecule has 0 aliphatic rings. The number of H-pyrrole nitrogens is 1. The summed E-state index contributed by atoms with van der Waals surface area (Å²) in [6.45, 7) is 0. The second-order valence-electron chi connectivity index (χ2n) is 5.23. The predicted molar refractivity (Wildman–Crippen MR) is 87.2 cm³/mol. The quantitative estimate of drug-likeness (QED) is 0.610. The highest BCUT2D eigenvalue weighted by molar-refractivity contribution is 5.82. The smallest absolute Gasteiger partial charge is 0.432 e. The van der Waals surface area contributed by atoms with Crippen LogP contribution in [-0.4, -0.2) is 21.2 Å². The van der Waals surface area contributed by atoms with Gasteiger partial charge in [-0.15, -0.1) is 0 Å². The highest BCUT2D eigenvalue weighted by Gasteiger charge is 2.33. The van der Waals surface area contributed by atoms with Crippen molar-refractivity contribution in [3.05, 3.63) is 60.4 Å². The van der Waals surface area contributed by atoms with Crippen LogP contribution in [0, 0.1) is 0 Å². The molecule has 1 heterocycles. The number of aromatic amines is 1. The average Bonchev–Trinajstić information content (AvgIpc) is 3.07. The van der Waals surface area contributed by atoms with Crippen molar-refractivity contribution >= 4 is 11.8 Å². The van der Waals surface area contributed by atoms with Crippen LogP contribution in [0.2, 0.25) is 0 Å². The van der Waals surface area contributed by atoms with Crippen molar-refractivity contribution in [1.82, 2.24) is 9.97 Å². The van der Waals surface area contributed by atoms with E-state index in [1.165, 1.54) is 12.1 Å². The fraction of sp³-hybridized carbons (Fsp3) is 0.0588. The van der Waals surface area contributed by atoms with Crippen LogP contribution in [0.25, 0.3) is 11.4 Å². The number of ether oxygens (including phenoxy) is 1. The van der Waals surface area contributed by atoms with Crippen LogP contribution >= 0.6 is 0 Å². The van der Waals surface area contributed by atoms with E-state index >= 15 is 0 Å². The van der Waals surface area contributed by atoms with Gasteiger partial charge in [0.05, 0.1) is 6.20 Å². The van der Waals surface area contributed by atoms with Gasteiger partial charge in [-0.3, -0.25) is 5.32 Å². The summed E-state index contributed by atoms with van der Waals surface area (Å²) in [5.74, 6) is 0.906. The number of halogens is 3. The molecule has 0 spiro atoms. The van der Waals surface area contributed by atoms with Crippen LogP contribution in [0.15, 0.2) is 54.7 Å². The van der Waals surface area contributed by atoms with E-state index < -0.39 is 18.0 Å². The number of anilines is 1. The molecule has 0 bridgehead atoms. The van der Waals surface area contributed by atoms with E-state index in [0.717, 1.165) is 6.20 Å². The molecule has 0 saturated heterocycles. The van der Waals surface area contributed by atoms with Crippen LogP contribution < -0.4 is 10.1 Å². The standard InChI is InChI=1S/C17H12F3N3O3/c18-17(19,20)14-9-21-15(23-14)10-2-1-3-13(8-10)26-12-6-4-11(5-7-12)22-16(24)25/h1-9,22H,(H,21,23)(H,24,25). The van der Waals surface area contributed by atoms with Crippen LogP contribution in [0.4, 0.5) is 23.7 Å². The van der Waals surface area contributed by atoms with Gasteiger partial charge in [-0.1, -0.05) is 12.1 Å². The van der Waals surface area contributed by atoms with Crippen molar-refractivity contribution in [3.8, 4) is 22.9 Å². The Hall–Kier alpha value is -3.49. The summed E-state index contributed by atoms with van der Waals surface area (Å²) in [6.07, 6.45) is -4.94. The highest BCUT2D eigenvalue weighted by atomic mass is 19.4. The van der Waals surface area contributed by atoms with Crippen molar-refractivity contribution in [2.45, 2.75) is 6.18 Å². The first-order chi connectivity index (χ1) is 12.3. The molecule has 6 nitrogen and oxygen atoms in total. The molecule has 26 heavy (non-hydrogen) atoms. The molecule has 1 aromatic heterocycles. The van der Waals surface area contributed by atoms with Crippen molar-refractivity contribution < 1.29 is 27.8 Å². The number of nitrogens with one attached hydrogen (secondary N) is 2. The van der Waals surface area contributed by atoms with Crippen molar-refractivity contribution in [3.63, 3.8) is 0 Å². The number of hydrogen-bond donors (Lipinski definition) is 3. The van der Waals surface area contributed by atoms with E-state index in [-0.39, 0.29) is 5.82 Å². The maximum atomic E-state index is 12.7. The Kier molecular flexibility index (Phi) is 4.53. The Bertz CT molecular complexity index is 921. The van der Waals surface area contributed by atoms with Crippen LogP contribution in [0.3, 0.4) is 0 Å². The van der Waals surface area contributed by atoms with Gasteiger partial charge in [0.2, 0.25) is 0 Å². The van der Waals surface area contributed by atoms with E-state index in [4.69, 9.17) is 9.84 Å². The Morgan fingerprint density at radius 2 is 1.85 bits per heavy atom. The fourth-order valence-electron chi connectivity index (χ4n) is 2.18. The molecule has 0 saturated carbocycles. The first kappa shape index (κ1) is 17.3. The van der Waals surface area contributed by atoms with E-state index in [9.17, 15) is 18.0 Å². The lowest BCUT2D eigenvalue weighted by molar-refractivity contribution is -0.140. The minimum Gasteiger partial charge on any atom is -0.465 e. The number of benzene rings is 2. The number of amides is 1. The third kappa shape index (κ3) is 4.12. The minimum atomic E-state index is -4.49. The van der Waals surface area contributed by atoms with Gasteiger partial charge in [0, 0.05) is 11.3 Å². The summed E-state index contributed by atoms with van der Waals surface area (Å²) in [4.78, 5) is 16.5. The van der Waals surface area contributed by atoms with Crippen molar-refractivity contribution in [1.29, 1.82) is 0 Å². The largest absolute Gasteiger partial charge is 0.465 e. The Balaban J connectivity index is 1.77. The minimum absolute atomic E-state index is 0.0729. The molecule has 3 aromatic rings. The van der Waals surface area contributed by atoms with Gasteiger partial charge < -0.3 is 14.8 Å². The van der Waals surface area contributed by atoms with Gasteiger partial charge in [-0.2, -0.15) is 13.2 Å². The molecule has 9 heteroatoms. The normalized spacial score (nSPS) is 11.2. The molecule has 0 aliphatic carbocycles. The maximum Gasteiger partial charge on any atom is 0.432 e. The van der Waals surface area contributed by atoms with Crippen LogP contribution in [-0.2, 0) is 6.18 Å². The molecule has 0 atom stereocenters. The number of alkyl halides is 3. The zero-order valence-corrected chi connectivity index (χ0v) is 13.0. The molecular weight excluding hydrogens is 351 g/mol. The first-order valence-electron chi connectivity index (χ1n) is 7.32. The number of imidazole rings is 1. The average molecular weight is 363 g/mol. The SMILES string of the molecule is O=C(O)Nc1ccc(Oc2cccc(-c3ncc(C(F)(F)F)[nH]3)c2)cc1. The van der Waals surface area contributed by atoms with Crippen LogP contribution in [0.5, 0.6) is 11.5 Å². The molecule has 3 rings (SSSR count). The van der Waals surface area contributed by atoms with Gasteiger partial charge >= 0.3 is 12.3 Å². The van der Waals surface area contributed by atoms with E-state index in [1.807, 2.05) is 0 Å². The molecular formula is C17H12F3N3O3. The Morgan fingerprint density at radius 3 is 2.46 bits per heavy atom. The summed E-state index contributed by atoms with van der Waals surface area (Å²) >= 11 is 0. The molecule has 0 aliphatic heterocycles. The molecule has 0 radical (unpaired) electrons.